The number of halogens is 1. The maximum Gasteiger partial charge on any atom is 0.328 e. The summed E-state index contributed by atoms with van der Waals surface area (Å²) in [5, 5.41) is 0. The number of fused-ring (bicyclic) bond motifs is 3. The van der Waals surface area contributed by atoms with Crippen LogP contribution in [0.5, 0.6) is 0 Å². The van der Waals surface area contributed by atoms with E-state index >= 15 is 0 Å². The smallest absolute Gasteiger partial charge is 0.302 e. The van der Waals surface area contributed by atoms with Gasteiger partial charge in [-0.1, -0.05) is 12.1 Å². The van der Waals surface area contributed by atoms with Crippen molar-refractivity contribution in [2.45, 2.75) is 26.1 Å². The van der Waals surface area contributed by atoms with Gasteiger partial charge in [0.15, 0.2) is 12.2 Å². The van der Waals surface area contributed by atoms with E-state index in [1.807, 2.05) is 6.92 Å². The number of rotatable bonds is 2. The molecule has 3 amide bonds. The molecule has 2 unspecified atom stereocenters. The van der Waals surface area contributed by atoms with Crippen molar-refractivity contribution in [3.05, 3.63) is 42.0 Å². The number of anilines is 1. The Labute approximate surface area is 144 Å². The number of allylic oxidation sites excluding steroid dienone is 1. The van der Waals surface area contributed by atoms with Crippen LogP contribution in [-0.4, -0.2) is 58.4 Å². The number of imide groups is 1. The Kier molecular flexibility index (Phi) is 3.31. The van der Waals surface area contributed by atoms with Gasteiger partial charge in [-0.2, -0.15) is 0 Å². The average Bonchev–Trinajstić information content (AvgIpc) is 3.09. The van der Waals surface area contributed by atoms with Crippen molar-refractivity contribution in [3.8, 4) is 0 Å². The summed E-state index contributed by atoms with van der Waals surface area (Å²) in [6, 6.07) is 5.43. The molecular formula is C17H18FN5O2. The molecule has 2 atom stereocenters. The van der Waals surface area contributed by atoms with Gasteiger partial charge in [0.05, 0.1) is 5.69 Å². The number of benzene rings is 1. The zero-order chi connectivity index (χ0) is 17.9. The van der Waals surface area contributed by atoms with Gasteiger partial charge >= 0.3 is 6.03 Å². The summed E-state index contributed by atoms with van der Waals surface area (Å²) in [5.74, 6) is -0.196. The van der Waals surface area contributed by atoms with E-state index in [2.05, 4.69) is 4.99 Å². The first-order chi connectivity index (χ1) is 12.0. The maximum atomic E-state index is 14.3. The predicted octanol–water partition coefficient (Wildman–Crippen LogP) is 1.79. The van der Waals surface area contributed by atoms with Gasteiger partial charge in [0.2, 0.25) is 5.96 Å². The fourth-order valence-electron chi connectivity index (χ4n) is 3.58. The number of para-hydroxylation sites is 1. The van der Waals surface area contributed by atoms with Gasteiger partial charge in [-0.3, -0.25) is 14.6 Å². The zero-order valence-corrected chi connectivity index (χ0v) is 14.2. The number of carbonyl (C=O) groups is 2. The van der Waals surface area contributed by atoms with Gasteiger partial charge in [-0.15, -0.1) is 0 Å². The molecular weight excluding hydrogens is 325 g/mol. The quantitative estimate of drug-likeness (QED) is 0.821. The summed E-state index contributed by atoms with van der Waals surface area (Å²) >= 11 is 0. The van der Waals surface area contributed by atoms with Crippen LogP contribution < -0.4 is 4.90 Å². The lowest BCUT2D eigenvalue weighted by atomic mass is 10.1. The Hall–Kier alpha value is -2.90. The summed E-state index contributed by atoms with van der Waals surface area (Å²) in [6.07, 6.45) is 1.17. The highest BCUT2D eigenvalue weighted by Crippen LogP contribution is 2.37. The second-order valence-electron chi connectivity index (χ2n) is 6.23. The van der Waals surface area contributed by atoms with Gasteiger partial charge in [-0.25, -0.2) is 14.2 Å². The van der Waals surface area contributed by atoms with Crippen LogP contribution in [0.25, 0.3) is 0 Å². The standard InChI is InChI=1S/C17H18FN5O2/c1-4-21-15(24)13-14(20(3)17(21)25)19-16-22(13)9-10(2)23(16)12-8-6-5-7-11(12)18/h5-9,13-14H,4H2,1-3H3. The molecule has 0 spiro atoms. The number of nitrogens with zero attached hydrogens (tertiary/aromatic N) is 5. The van der Waals surface area contributed by atoms with Gasteiger partial charge < -0.3 is 9.80 Å². The van der Waals surface area contributed by atoms with E-state index in [0.717, 1.165) is 5.70 Å². The third-order valence-electron chi connectivity index (χ3n) is 4.80. The molecule has 0 saturated carbocycles. The molecule has 7 nitrogen and oxygen atoms in total. The number of urea groups is 1. The molecule has 3 heterocycles. The van der Waals surface area contributed by atoms with Crippen molar-refractivity contribution in [3.63, 3.8) is 0 Å². The minimum absolute atomic E-state index is 0.284. The predicted molar refractivity (Wildman–Crippen MR) is 90.0 cm³/mol. The van der Waals surface area contributed by atoms with Crippen LogP contribution in [0.3, 0.4) is 0 Å². The molecule has 1 aromatic carbocycles. The third kappa shape index (κ3) is 2.00. The van der Waals surface area contributed by atoms with Crippen molar-refractivity contribution in [1.82, 2.24) is 14.7 Å². The molecule has 1 saturated heterocycles. The SMILES string of the molecule is CCN1C(=O)C2C(N=C3N(c4ccccc4F)C(C)=CN32)N(C)C1=O. The van der Waals surface area contributed by atoms with Crippen molar-refractivity contribution in [2.75, 3.05) is 18.5 Å². The summed E-state index contributed by atoms with van der Waals surface area (Å²) in [5.41, 5.74) is 1.13. The number of hydrogen-bond acceptors (Lipinski definition) is 5. The minimum Gasteiger partial charge on any atom is -0.302 e. The number of hydrogen-bond donors (Lipinski definition) is 0. The molecule has 1 aromatic rings. The molecule has 130 valence electrons. The Morgan fingerprint density at radius 1 is 1.24 bits per heavy atom. The summed E-state index contributed by atoms with van der Waals surface area (Å²) in [7, 11) is 1.63. The highest BCUT2D eigenvalue weighted by Gasteiger charge is 2.54. The van der Waals surface area contributed by atoms with Crippen LogP contribution in [0.1, 0.15) is 13.8 Å². The van der Waals surface area contributed by atoms with Crippen molar-refractivity contribution < 1.29 is 14.0 Å². The molecule has 0 radical (unpaired) electrons. The molecule has 4 rings (SSSR count). The molecule has 0 aliphatic carbocycles. The van der Waals surface area contributed by atoms with E-state index in [4.69, 9.17) is 0 Å². The molecule has 0 bridgehead atoms. The molecule has 0 aromatic heterocycles. The van der Waals surface area contributed by atoms with Crippen molar-refractivity contribution >= 4 is 23.6 Å². The maximum absolute atomic E-state index is 14.3. The number of carbonyl (C=O) groups excluding carboxylic acids is 2. The zero-order valence-electron chi connectivity index (χ0n) is 14.2. The first-order valence-electron chi connectivity index (χ1n) is 8.13. The summed E-state index contributed by atoms with van der Waals surface area (Å²) < 4.78 is 14.3. The largest absolute Gasteiger partial charge is 0.328 e. The normalized spacial score (nSPS) is 25.3. The third-order valence-corrected chi connectivity index (χ3v) is 4.80. The van der Waals surface area contributed by atoms with E-state index in [1.165, 1.54) is 15.9 Å². The first kappa shape index (κ1) is 15.6. The van der Waals surface area contributed by atoms with Crippen LogP contribution in [0, 0.1) is 5.82 Å². The lowest BCUT2D eigenvalue weighted by Gasteiger charge is -2.39. The van der Waals surface area contributed by atoms with Gasteiger partial charge in [-0.05, 0) is 26.0 Å². The van der Waals surface area contributed by atoms with Crippen LogP contribution >= 0.6 is 0 Å². The Morgan fingerprint density at radius 2 is 1.96 bits per heavy atom. The summed E-state index contributed by atoms with van der Waals surface area (Å²) in [6.45, 7) is 3.90. The monoisotopic (exact) mass is 343 g/mol. The average molecular weight is 343 g/mol. The first-order valence-corrected chi connectivity index (χ1v) is 8.13. The second-order valence-corrected chi connectivity index (χ2v) is 6.23. The second kappa shape index (κ2) is 5.30. The van der Waals surface area contributed by atoms with Gasteiger partial charge in [0, 0.05) is 25.5 Å². The van der Waals surface area contributed by atoms with Crippen LogP contribution in [0.4, 0.5) is 14.9 Å². The lowest BCUT2D eigenvalue weighted by molar-refractivity contribution is -0.136. The Morgan fingerprint density at radius 3 is 2.64 bits per heavy atom. The molecule has 25 heavy (non-hydrogen) atoms. The molecule has 8 heteroatoms. The topological polar surface area (TPSA) is 59.5 Å². The van der Waals surface area contributed by atoms with E-state index < -0.39 is 12.2 Å². The highest BCUT2D eigenvalue weighted by molar-refractivity contribution is 6.09. The molecule has 1 fully saturated rings. The van der Waals surface area contributed by atoms with Crippen molar-refractivity contribution in [2.24, 2.45) is 4.99 Å². The minimum atomic E-state index is -0.621. The van der Waals surface area contributed by atoms with E-state index in [-0.39, 0.29) is 17.8 Å². The number of likely N-dealkylation sites (N-methyl/N-ethyl adjacent to an activating group) is 2. The lowest BCUT2D eigenvalue weighted by Crippen LogP contribution is -2.64. The number of amides is 3. The van der Waals surface area contributed by atoms with E-state index in [0.29, 0.717) is 18.2 Å². The van der Waals surface area contributed by atoms with Crippen LogP contribution in [0.2, 0.25) is 0 Å². The van der Waals surface area contributed by atoms with Crippen molar-refractivity contribution in [1.29, 1.82) is 0 Å². The fourth-order valence-corrected chi connectivity index (χ4v) is 3.58. The van der Waals surface area contributed by atoms with Gasteiger partial charge in [0.1, 0.15) is 5.82 Å². The Bertz CT molecular complexity index is 836. The highest BCUT2D eigenvalue weighted by atomic mass is 19.1. The van der Waals surface area contributed by atoms with Crippen LogP contribution in [0.15, 0.2) is 41.2 Å². The molecule has 3 aliphatic rings. The number of guanidine groups is 1. The summed E-state index contributed by atoms with van der Waals surface area (Å²) in [4.78, 5) is 35.8. The van der Waals surface area contributed by atoms with Gasteiger partial charge in [0.25, 0.3) is 5.91 Å². The van der Waals surface area contributed by atoms with E-state index in [9.17, 15) is 14.0 Å². The molecule has 3 aliphatic heterocycles. The fraction of sp³-hybridized carbons (Fsp3) is 0.353. The Balaban J connectivity index is 1.78. The molecule has 0 N–H and O–H groups in total. The number of aliphatic imine (C=N–C) groups is 1. The van der Waals surface area contributed by atoms with E-state index in [1.54, 1.807) is 48.2 Å². The van der Waals surface area contributed by atoms with Crippen LogP contribution in [-0.2, 0) is 4.79 Å².